The minimum atomic E-state index is -1.12. The molecule has 0 radical (unpaired) electrons. The maximum absolute atomic E-state index is 13.3. The van der Waals surface area contributed by atoms with Gasteiger partial charge in [-0.15, -0.1) is 0 Å². The third-order valence-electron chi connectivity index (χ3n) is 7.27. The highest BCUT2D eigenvalue weighted by atomic mass is 16.5. The van der Waals surface area contributed by atoms with Crippen LogP contribution in [-0.4, -0.2) is 34.1 Å². The number of allylic oxidation sites excluding steroid dienone is 1. The van der Waals surface area contributed by atoms with Crippen LogP contribution >= 0.6 is 0 Å². The van der Waals surface area contributed by atoms with Crippen molar-refractivity contribution in [2.45, 2.75) is 92.8 Å². The number of ether oxygens (including phenoxy) is 1. The van der Waals surface area contributed by atoms with Gasteiger partial charge in [0, 0.05) is 19.3 Å². The molecule has 0 amide bonds. The highest BCUT2D eigenvalue weighted by Crippen LogP contribution is 2.34. The summed E-state index contributed by atoms with van der Waals surface area (Å²) in [6.07, 6.45) is 9.30. The molecule has 0 aliphatic carbocycles. The molecule has 0 bridgehead atoms. The summed E-state index contributed by atoms with van der Waals surface area (Å²) in [6, 6.07) is 0. The van der Waals surface area contributed by atoms with E-state index in [-0.39, 0.29) is 24.0 Å². The topological polar surface area (TPSA) is 89.6 Å². The van der Waals surface area contributed by atoms with E-state index in [2.05, 4.69) is 31.0 Å². The fraction of sp³-hybridized carbons (Fsp3) is 0.667. The van der Waals surface area contributed by atoms with Gasteiger partial charge in [-0.3, -0.25) is 9.59 Å². The van der Waals surface area contributed by atoms with Crippen LogP contribution < -0.4 is 0 Å². The van der Waals surface area contributed by atoms with E-state index in [1.54, 1.807) is 27.0 Å². The summed E-state index contributed by atoms with van der Waals surface area (Å²) in [7, 11) is 0. The third kappa shape index (κ3) is 7.39. The molecule has 0 saturated heterocycles. The summed E-state index contributed by atoms with van der Waals surface area (Å²) in [5.41, 5.74) is 0.464. The second kappa shape index (κ2) is 11.8. The monoisotopic (exact) mass is 459 g/mol. The molecular formula is C27H41NO5. The van der Waals surface area contributed by atoms with E-state index in [1.165, 1.54) is 0 Å². The first-order valence-corrected chi connectivity index (χ1v) is 12.1. The van der Waals surface area contributed by atoms with Crippen molar-refractivity contribution in [1.29, 1.82) is 0 Å². The Bertz CT molecular complexity index is 866. The van der Waals surface area contributed by atoms with E-state index in [0.29, 0.717) is 23.9 Å². The van der Waals surface area contributed by atoms with Crippen LogP contribution in [0.2, 0.25) is 0 Å². The number of hydrogen-bond acceptors (Lipinski definition) is 6. The van der Waals surface area contributed by atoms with Crippen molar-refractivity contribution in [3.05, 3.63) is 35.6 Å². The molecule has 1 aliphatic rings. The maximum Gasteiger partial charge on any atom is 0.309 e. The number of carbonyl (C=O) groups is 2. The molecule has 0 saturated carbocycles. The van der Waals surface area contributed by atoms with Crippen molar-refractivity contribution in [1.82, 2.24) is 4.98 Å². The van der Waals surface area contributed by atoms with Crippen LogP contribution in [0.3, 0.4) is 0 Å². The number of aromatic nitrogens is 1. The molecule has 2 heterocycles. The Balaban J connectivity index is 2.27. The summed E-state index contributed by atoms with van der Waals surface area (Å²) in [5.74, 6) is 0.428. The molecule has 1 aromatic heterocycles. The summed E-state index contributed by atoms with van der Waals surface area (Å²) in [5, 5.41) is 10.8. The number of Topliss-reactive ketones (excluding diaryl/α,β-unsaturated/α-hetero) is 1. The number of aliphatic hydroxyl groups is 1. The van der Waals surface area contributed by atoms with Crippen molar-refractivity contribution in [3.8, 4) is 0 Å². The minimum Gasteiger partial charge on any atom is -0.457 e. The van der Waals surface area contributed by atoms with Gasteiger partial charge in [-0.05, 0) is 43.3 Å². The van der Waals surface area contributed by atoms with Crippen LogP contribution in [0.4, 0.5) is 0 Å². The molecule has 1 N–H and O–H groups in total. The van der Waals surface area contributed by atoms with E-state index < -0.39 is 23.6 Å². The Labute approximate surface area is 198 Å². The third-order valence-corrected chi connectivity index (χ3v) is 7.27. The number of ketones is 1. The number of carbonyl (C=O) groups excluding carboxylic acids is 2. The van der Waals surface area contributed by atoms with Gasteiger partial charge in [-0.25, -0.2) is 4.98 Å². The van der Waals surface area contributed by atoms with Gasteiger partial charge in [-0.1, -0.05) is 53.2 Å². The van der Waals surface area contributed by atoms with Crippen LogP contribution in [0.15, 0.2) is 28.4 Å². The number of nitrogens with zero attached hydrogens (tertiary/aromatic N) is 1. The van der Waals surface area contributed by atoms with E-state index in [9.17, 15) is 14.7 Å². The molecule has 0 spiro atoms. The van der Waals surface area contributed by atoms with Gasteiger partial charge in [0.1, 0.15) is 23.8 Å². The van der Waals surface area contributed by atoms with Crippen molar-refractivity contribution in [3.63, 3.8) is 0 Å². The lowest BCUT2D eigenvalue weighted by molar-refractivity contribution is -0.153. The second-order valence-corrected chi connectivity index (χ2v) is 10.2. The van der Waals surface area contributed by atoms with E-state index in [4.69, 9.17) is 9.15 Å². The molecule has 184 valence electrons. The molecule has 0 fully saturated rings. The van der Waals surface area contributed by atoms with Crippen LogP contribution in [0.25, 0.3) is 6.08 Å². The quantitative estimate of drug-likeness (QED) is 0.452. The number of cyclic esters (lactones) is 1. The largest absolute Gasteiger partial charge is 0.457 e. The van der Waals surface area contributed by atoms with Crippen molar-refractivity contribution in [2.24, 2.45) is 23.2 Å². The number of aliphatic hydroxyl groups excluding tert-OH is 1. The van der Waals surface area contributed by atoms with E-state index in [0.717, 1.165) is 24.8 Å². The summed E-state index contributed by atoms with van der Waals surface area (Å²) >= 11 is 0. The van der Waals surface area contributed by atoms with E-state index >= 15 is 0 Å². The molecule has 6 nitrogen and oxygen atoms in total. The highest BCUT2D eigenvalue weighted by molar-refractivity contribution is 5.87. The Hall–Kier alpha value is -2.21. The van der Waals surface area contributed by atoms with Crippen LogP contribution in [0, 0.1) is 30.1 Å². The maximum atomic E-state index is 13.3. The van der Waals surface area contributed by atoms with Gasteiger partial charge in [0.05, 0.1) is 17.9 Å². The normalized spacial score (nSPS) is 31.8. The zero-order valence-corrected chi connectivity index (χ0v) is 21.3. The van der Waals surface area contributed by atoms with Gasteiger partial charge < -0.3 is 14.3 Å². The molecular weight excluding hydrogens is 418 g/mol. The fourth-order valence-electron chi connectivity index (χ4n) is 4.36. The average molecular weight is 460 g/mol. The number of aryl methyl sites for hydroxylation is 1. The molecule has 1 aromatic rings. The number of oxazole rings is 1. The average Bonchev–Trinajstić information content (AvgIpc) is 3.16. The molecule has 6 heteroatoms. The van der Waals surface area contributed by atoms with Crippen molar-refractivity contribution in [2.75, 3.05) is 0 Å². The molecule has 0 aromatic carbocycles. The molecule has 5 unspecified atom stereocenters. The molecule has 33 heavy (non-hydrogen) atoms. The van der Waals surface area contributed by atoms with Gasteiger partial charge in [-0.2, -0.15) is 0 Å². The van der Waals surface area contributed by atoms with Crippen LogP contribution in [0.1, 0.15) is 85.2 Å². The van der Waals surface area contributed by atoms with Crippen LogP contribution in [-0.2, 0) is 14.3 Å². The standard InChI is InChI=1S/C27H41NO5/c1-17-12-10-8-9-11-13-23(18(2)14-22-16-32-21(5)28-22)33-25(30)15-24(29)27(6,7)26(31)20(4)19(17)3/h9,11,14,16-17,19-20,23-24,29H,8,10,12-13,15H2,1-7H3/b11-9+,18-14+. The molecule has 2 rings (SSSR count). The Morgan fingerprint density at radius 1 is 1.21 bits per heavy atom. The SMILES string of the molecule is C/C(=C\c1coc(C)n1)C1C/C=C/CCCC(C)C(C)C(C)C(=O)C(C)(C)C(O)CC(=O)O1. The highest BCUT2D eigenvalue weighted by Gasteiger charge is 2.41. The van der Waals surface area contributed by atoms with Crippen molar-refractivity contribution >= 4 is 17.8 Å². The fourth-order valence-corrected chi connectivity index (χ4v) is 4.36. The smallest absolute Gasteiger partial charge is 0.309 e. The van der Waals surface area contributed by atoms with E-state index in [1.807, 2.05) is 19.9 Å². The van der Waals surface area contributed by atoms with Crippen LogP contribution in [0.5, 0.6) is 0 Å². The second-order valence-electron chi connectivity index (χ2n) is 10.2. The number of hydrogen-bond donors (Lipinski definition) is 1. The minimum absolute atomic E-state index is 0.0110. The predicted molar refractivity (Wildman–Crippen MR) is 129 cm³/mol. The van der Waals surface area contributed by atoms with Gasteiger partial charge >= 0.3 is 5.97 Å². The van der Waals surface area contributed by atoms with Gasteiger partial charge in [0.2, 0.25) is 0 Å². The first-order chi connectivity index (χ1) is 15.4. The Kier molecular flexibility index (Phi) is 9.65. The zero-order valence-electron chi connectivity index (χ0n) is 21.3. The summed E-state index contributed by atoms with van der Waals surface area (Å²) in [4.78, 5) is 30.3. The lowest BCUT2D eigenvalue weighted by atomic mass is 9.70. The Morgan fingerprint density at radius 3 is 2.55 bits per heavy atom. The van der Waals surface area contributed by atoms with Gasteiger partial charge in [0.25, 0.3) is 0 Å². The molecule has 5 atom stereocenters. The first kappa shape index (κ1) is 27.0. The summed E-state index contributed by atoms with van der Waals surface area (Å²) < 4.78 is 11.0. The predicted octanol–water partition coefficient (Wildman–Crippen LogP) is 5.68. The lowest BCUT2D eigenvalue weighted by Crippen LogP contribution is -2.44. The zero-order chi connectivity index (χ0) is 24.8. The van der Waals surface area contributed by atoms with Gasteiger partial charge in [0.15, 0.2) is 5.89 Å². The first-order valence-electron chi connectivity index (χ1n) is 12.1. The number of esters is 1. The molecule has 1 aliphatic heterocycles. The number of rotatable bonds is 2. The summed E-state index contributed by atoms with van der Waals surface area (Å²) in [6.45, 7) is 13.4. The van der Waals surface area contributed by atoms with Crippen molar-refractivity contribution < 1.29 is 23.8 Å². The Morgan fingerprint density at radius 2 is 1.91 bits per heavy atom. The lowest BCUT2D eigenvalue weighted by Gasteiger charge is -2.35.